The lowest BCUT2D eigenvalue weighted by molar-refractivity contribution is 0.0946. The van der Waals surface area contributed by atoms with Crippen molar-refractivity contribution in [2.24, 2.45) is 0 Å². The van der Waals surface area contributed by atoms with Gasteiger partial charge in [-0.15, -0.1) is 0 Å². The minimum atomic E-state index is -0.936. The molecule has 0 aliphatic heterocycles. The number of carbonyl (C=O) groups is 1. The number of hydrogen-bond acceptors (Lipinski definition) is 3. The van der Waals surface area contributed by atoms with Gasteiger partial charge in [0.25, 0.3) is 5.91 Å². The molecule has 110 valence electrons. The largest absolute Gasteiger partial charge is 0.385 e. The number of carbonyl (C=O) groups excluding carboxylic acids is 1. The summed E-state index contributed by atoms with van der Waals surface area (Å²) in [5.41, 5.74) is 1.53. The average Bonchev–Trinajstić information content (AvgIpc) is 2.49. The van der Waals surface area contributed by atoms with Crippen LogP contribution in [0.4, 0.5) is 14.5 Å². The van der Waals surface area contributed by atoms with E-state index in [1.54, 1.807) is 12.1 Å². The third kappa shape index (κ3) is 3.98. The molecule has 0 aliphatic rings. The van der Waals surface area contributed by atoms with Crippen molar-refractivity contribution < 1.29 is 13.6 Å². The second-order valence-corrected chi connectivity index (χ2v) is 4.39. The summed E-state index contributed by atoms with van der Waals surface area (Å²) < 4.78 is 25.9. The Morgan fingerprint density at radius 2 is 2.00 bits per heavy atom. The highest BCUT2D eigenvalue weighted by atomic mass is 19.2. The zero-order valence-electron chi connectivity index (χ0n) is 11.5. The molecule has 1 heterocycles. The van der Waals surface area contributed by atoms with Crippen LogP contribution in [0.2, 0.25) is 0 Å². The molecule has 0 spiro atoms. The number of halogens is 2. The number of hydrogen-bond donors (Lipinski definition) is 2. The molecule has 21 heavy (non-hydrogen) atoms. The number of benzene rings is 1. The molecule has 2 aromatic rings. The Morgan fingerprint density at radius 3 is 2.71 bits per heavy atom. The first kappa shape index (κ1) is 14.9. The lowest BCUT2D eigenvalue weighted by atomic mass is 10.2. The second-order valence-electron chi connectivity index (χ2n) is 4.39. The van der Waals surface area contributed by atoms with Crippen LogP contribution >= 0.6 is 0 Å². The summed E-state index contributed by atoms with van der Waals surface area (Å²) in [5, 5.41) is 5.69. The van der Waals surface area contributed by atoms with Crippen molar-refractivity contribution in [2.75, 3.05) is 11.9 Å². The predicted molar refractivity (Wildman–Crippen MR) is 75.9 cm³/mol. The van der Waals surface area contributed by atoms with Crippen molar-refractivity contribution in [1.82, 2.24) is 10.3 Å². The molecule has 0 atom stereocenters. The van der Waals surface area contributed by atoms with Crippen molar-refractivity contribution >= 4 is 11.6 Å². The summed E-state index contributed by atoms with van der Waals surface area (Å²) in [7, 11) is 0. The van der Waals surface area contributed by atoms with Gasteiger partial charge in [0.05, 0.1) is 0 Å². The van der Waals surface area contributed by atoms with Crippen molar-refractivity contribution in [3.8, 4) is 0 Å². The van der Waals surface area contributed by atoms with Gasteiger partial charge in [-0.25, -0.2) is 8.78 Å². The summed E-state index contributed by atoms with van der Waals surface area (Å²) >= 11 is 0. The summed E-state index contributed by atoms with van der Waals surface area (Å²) in [5.74, 6) is -2.22. The Hall–Kier alpha value is -2.50. The van der Waals surface area contributed by atoms with Gasteiger partial charge >= 0.3 is 0 Å². The maximum Gasteiger partial charge on any atom is 0.270 e. The quantitative estimate of drug-likeness (QED) is 0.890. The molecule has 0 aliphatic carbocycles. The second kappa shape index (κ2) is 6.78. The molecular weight excluding hydrogens is 276 g/mol. The normalized spacial score (nSPS) is 10.2. The van der Waals surface area contributed by atoms with Gasteiger partial charge in [0, 0.05) is 25.0 Å². The lowest BCUT2D eigenvalue weighted by Crippen LogP contribution is -2.24. The molecule has 6 heteroatoms. The number of nitrogens with zero attached hydrogens (tertiary/aromatic N) is 1. The lowest BCUT2D eigenvalue weighted by Gasteiger charge is -2.07. The maximum atomic E-state index is 13.1. The van der Waals surface area contributed by atoms with E-state index in [0.29, 0.717) is 5.56 Å². The molecule has 0 saturated carbocycles. The third-order valence-electron chi connectivity index (χ3n) is 2.81. The van der Waals surface area contributed by atoms with Crippen molar-refractivity contribution in [2.45, 2.75) is 13.5 Å². The SMILES string of the molecule is CCNc1ccnc(C(=O)NCc2ccc(F)c(F)c2)c1. The topological polar surface area (TPSA) is 54.0 Å². The molecule has 1 aromatic carbocycles. The summed E-state index contributed by atoms with van der Waals surface area (Å²) in [6, 6.07) is 6.89. The monoisotopic (exact) mass is 291 g/mol. The molecule has 1 aromatic heterocycles. The van der Waals surface area contributed by atoms with Crippen molar-refractivity contribution in [3.63, 3.8) is 0 Å². The Kier molecular flexibility index (Phi) is 4.81. The van der Waals surface area contributed by atoms with Gasteiger partial charge in [-0.2, -0.15) is 0 Å². The van der Waals surface area contributed by atoms with Crippen LogP contribution in [0.1, 0.15) is 23.0 Å². The van der Waals surface area contributed by atoms with Crippen molar-refractivity contribution in [3.05, 3.63) is 59.4 Å². The van der Waals surface area contributed by atoms with Gasteiger partial charge < -0.3 is 10.6 Å². The molecule has 0 unspecified atom stereocenters. The van der Waals surface area contributed by atoms with E-state index >= 15 is 0 Å². The van der Waals surface area contributed by atoms with Gasteiger partial charge in [-0.3, -0.25) is 9.78 Å². The number of nitrogens with one attached hydrogen (secondary N) is 2. The minimum absolute atomic E-state index is 0.100. The van der Waals surface area contributed by atoms with E-state index in [9.17, 15) is 13.6 Å². The maximum absolute atomic E-state index is 13.1. The zero-order valence-corrected chi connectivity index (χ0v) is 11.5. The van der Waals surface area contributed by atoms with Crippen LogP contribution < -0.4 is 10.6 Å². The molecule has 4 nitrogen and oxygen atoms in total. The predicted octanol–water partition coefficient (Wildman–Crippen LogP) is 2.72. The van der Waals surface area contributed by atoms with Crippen molar-refractivity contribution in [1.29, 1.82) is 0 Å². The van der Waals surface area contributed by atoms with Crippen LogP contribution in [0.15, 0.2) is 36.5 Å². The molecule has 0 fully saturated rings. The fraction of sp³-hybridized carbons (Fsp3) is 0.200. The fourth-order valence-electron chi connectivity index (χ4n) is 1.79. The number of anilines is 1. The average molecular weight is 291 g/mol. The van der Waals surface area contributed by atoms with E-state index < -0.39 is 11.6 Å². The highest BCUT2D eigenvalue weighted by molar-refractivity contribution is 5.93. The molecule has 1 amide bonds. The van der Waals surface area contributed by atoms with Gasteiger partial charge in [0.1, 0.15) is 5.69 Å². The van der Waals surface area contributed by atoms with E-state index in [1.807, 2.05) is 6.92 Å². The fourth-order valence-corrected chi connectivity index (χ4v) is 1.79. The molecule has 2 N–H and O–H groups in total. The number of aromatic nitrogens is 1. The molecule has 0 radical (unpaired) electrons. The van der Waals surface area contributed by atoms with Crippen LogP contribution in [-0.2, 0) is 6.54 Å². The van der Waals surface area contributed by atoms with Gasteiger partial charge in [-0.1, -0.05) is 6.07 Å². The van der Waals surface area contributed by atoms with Crippen LogP contribution in [0.3, 0.4) is 0 Å². The number of rotatable bonds is 5. The third-order valence-corrected chi connectivity index (χ3v) is 2.81. The first-order valence-electron chi connectivity index (χ1n) is 6.52. The van der Waals surface area contributed by atoms with Gasteiger partial charge in [0.2, 0.25) is 0 Å². The van der Waals surface area contributed by atoms with Crippen LogP contribution in [-0.4, -0.2) is 17.4 Å². The van der Waals surface area contributed by atoms with E-state index in [1.165, 1.54) is 12.3 Å². The molecular formula is C15H15F2N3O. The Balaban J connectivity index is 2.01. The highest BCUT2D eigenvalue weighted by Crippen LogP contribution is 2.10. The standard InChI is InChI=1S/C15H15F2N3O/c1-2-18-11-5-6-19-14(8-11)15(21)20-9-10-3-4-12(16)13(17)7-10/h3-8H,2,9H2,1H3,(H,18,19)(H,20,21). The summed E-state index contributed by atoms with van der Waals surface area (Å²) in [6.07, 6.45) is 1.53. The Morgan fingerprint density at radius 1 is 1.19 bits per heavy atom. The van der Waals surface area contributed by atoms with E-state index in [2.05, 4.69) is 15.6 Å². The summed E-state index contributed by atoms with van der Waals surface area (Å²) in [6.45, 7) is 2.78. The van der Waals surface area contributed by atoms with Crippen LogP contribution in [0.25, 0.3) is 0 Å². The van der Waals surface area contributed by atoms with E-state index in [-0.39, 0.29) is 18.1 Å². The van der Waals surface area contributed by atoms with Gasteiger partial charge in [0.15, 0.2) is 11.6 Å². The Bertz CT molecular complexity index is 647. The van der Waals surface area contributed by atoms with E-state index in [4.69, 9.17) is 0 Å². The molecule has 2 rings (SSSR count). The van der Waals surface area contributed by atoms with Crippen LogP contribution in [0, 0.1) is 11.6 Å². The first-order valence-corrected chi connectivity index (χ1v) is 6.52. The van der Waals surface area contributed by atoms with E-state index in [0.717, 1.165) is 24.4 Å². The smallest absolute Gasteiger partial charge is 0.270 e. The molecule has 0 bridgehead atoms. The summed E-state index contributed by atoms with van der Waals surface area (Å²) in [4.78, 5) is 15.9. The molecule has 0 saturated heterocycles. The number of pyridine rings is 1. The Labute approximate surface area is 121 Å². The zero-order chi connectivity index (χ0) is 15.2. The number of amides is 1. The first-order chi connectivity index (χ1) is 10.1. The van der Waals surface area contributed by atoms with Crippen LogP contribution in [0.5, 0.6) is 0 Å². The minimum Gasteiger partial charge on any atom is -0.385 e. The van der Waals surface area contributed by atoms with Gasteiger partial charge in [-0.05, 0) is 36.8 Å². The highest BCUT2D eigenvalue weighted by Gasteiger charge is 2.08.